The van der Waals surface area contributed by atoms with Crippen LogP contribution in [0.1, 0.15) is 56.2 Å². The largest absolute Gasteiger partial charge is 0.493 e. The maximum absolute atomic E-state index is 12.1. The molecule has 1 saturated heterocycles. The molecule has 4 rings (SSSR count). The number of carboxylic acid groups (broad SMARTS) is 1. The number of aliphatic carboxylic acids is 1. The Morgan fingerprint density at radius 1 is 1.10 bits per heavy atom. The molecule has 0 spiro atoms. The van der Waals surface area contributed by atoms with Crippen molar-refractivity contribution in [1.29, 1.82) is 0 Å². The molecule has 10 heteroatoms. The number of carboxylic acids is 1. The molecule has 2 aromatic rings. The number of amides is 3. The minimum Gasteiger partial charge on any atom is -0.493 e. The molecule has 0 bridgehead atoms. The van der Waals surface area contributed by atoms with E-state index in [0.29, 0.717) is 29.0 Å². The van der Waals surface area contributed by atoms with E-state index in [1.54, 1.807) is 14.2 Å². The minimum absolute atomic E-state index is 0.0864. The number of imide groups is 1. The molecule has 0 radical (unpaired) electrons. The van der Waals surface area contributed by atoms with Crippen LogP contribution in [0.4, 0.5) is 4.79 Å². The van der Waals surface area contributed by atoms with E-state index in [1.807, 2.05) is 30.3 Å². The molecule has 1 N–H and O–H groups in total. The topological polar surface area (TPSA) is 99.6 Å². The fourth-order valence-corrected chi connectivity index (χ4v) is 6.04. The van der Waals surface area contributed by atoms with Gasteiger partial charge in [0.2, 0.25) is 5.91 Å². The van der Waals surface area contributed by atoms with E-state index in [4.69, 9.17) is 21.1 Å². The fourth-order valence-electron chi connectivity index (χ4n) is 5.92. The van der Waals surface area contributed by atoms with Crippen LogP contribution in [0.3, 0.4) is 0 Å². The highest BCUT2D eigenvalue weighted by Gasteiger charge is 2.33. The summed E-state index contributed by atoms with van der Waals surface area (Å²) in [5.41, 5.74) is 2.26. The molecule has 1 atom stereocenters. The van der Waals surface area contributed by atoms with Crippen LogP contribution in [0.5, 0.6) is 11.5 Å². The van der Waals surface area contributed by atoms with Crippen LogP contribution >= 0.6 is 11.6 Å². The third-order valence-electron chi connectivity index (χ3n) is 8.19. The average molecular weight is 586 g/mol. The zero-order valence-corrected chi connectivity index (χ0v) is 24.8. The Bertz CT molecular complexity index is 1210. The van der Waals surface area contributed by atoms with Gasteiger partial charge in [-0.15, -0.1) is 0 Å². The lowest BCUT2D eigenvalue weighted by atomic mass is 9.81. The summed E-state index contributed by atoms with van der Waals surface area (Å²) in [5, 5.41) is 10.1. The molecule has 1 aliphatic heterocycles. The number of likely N-dealkylation sites (N-methyl/N-ethyl adjacent to an activating group) is 1. The van der Waals surface area contributed by atoms with Crippen molar-refractivity contribution in [3.05, 3.63) is 58.6 Å². The monoisotopic (exact) mass is 585 g/mol. The number of rotatable bonds is 13. The van der Waals surface area contributed by atoms with Crippen molar-refractivity contribution in [2.75, 3.05) is 40.4 Å². The lowest BCUT2D eigenvalue weighted by Crippen LogP contribution is -2.35. The van der Waals surface area contributed by atoms with Crippen molar-refractivity contribution in [2.24, 2.45) is 11.8 Å². The van der Waals surface area contributed by atoms with E-state index < -0.39 is 5.97 Å². The van der Waals surface area contributed by atoms with E-state index in [0.717, 1.165) is 44.2 Å². The van der Waals surface area contributed by atoms with Gasteiger partial charge < -0.3 is 19.5 Å². The predicted molar refractivity (Wildman–Crippen MR) is 156 cm³/mol. The number of hydrogen-bond donors (Lipinski definition) is 1. The van der Waals surface area contributed by atoms with Gasteiger partial charge in [-0.3, -0.25) is 19.4 Å². The van der Waals surface area contributed by atoms with Crippen molar-refractivity contribution in [2.45, 2.75) is 51.6 Å². The van der Waals surface area contributed by atoms with Crippen molar-refractivity contribution in [1.82, 2.24) is 14.7 Å². The molecule has 1 aliphatic carbocycles. The normalized spacial score (nSPS) is 20.0. The number of carbonyl (C=O) groups excluding carboxylic acids is 2. The highest BCUT2D eigenvalue weighted by molar-refractivity contribution is 6.30. The van der Waals surface area contributed by atoms with E-state index >= 15 is 0 Å². The Morgan fingerprint density at radius 3 is 2.39 bits per heavy atom. The molecule has 2 aromatic carbocycles. The van der Waals surface area contributed by atoms with Crippen LogP contribution in [0.25, 0.3) is 0 Å². The summed E-state index contributed by atoms with van der Waals surface area (Å²) in [5.74, 6) is 0.399. The van der Waals surface area contributed by atoms with Crippen molar-refractivity contribution < 1.29 is 29.0 Å². The van der Waals surface area contributed by atoms with Gasteiger partial charge in [0, 0.05) is 31.2 Å². The van der Waals surface area contributed by atoms with Crippen LogP contribution in [0.2, 0.25) is 5.02 Å². The summed E-state index contributed by atoms with van der Waals surface area (Å²) < 4.78 is 11.6. The second-order valence-electron chi connectivity index (χ2n) is 11.0. The maximum atomic E-state index is 12.1. The SMILES string of the molecule is CCC(c1ccc(Cl)cc1)N(Cc1ccc(OCCN2C(=O)CN(C)C2=O)c(OC)c1)C[C@H]1CC[C@H](C(=O)O)CC1. The Hall–Kier alpha value is -3.30. The number of urea groups is 1. The first-order chi connectivity index (χ1) is 19.7. The van der Waals surface area contributed by atoms with E-state index in [-0.39, 0.29) is 43.6 Å². The Balaban J connectivity index is 1.47. The van der Waals surface area contributed by atoms with Crippen LogP contribution in [-0.4, -0.2) is 78.1 Å². The molecular weight excluding hydrogens is 546 g/mol. The fraction of sp³-hybridized carbons (Fsp3) is 0.516. The first-order valence-electron chi connectivity index (χ1n) is 14.3. The first kappa shape index (κ1) is 30.7. The second-order valence-corrected chi connectivity index (χ2v) is 11.4. The molecule has 1 saturated carbocycles. The number of ether oxygens (including phenoxy) is 2. The summed E-state index contributed by atoms with van der Waals surface area (Å²) in [6.45, 7) is 4.15. The molecule has 1 heterocycles. The zero-order chi connectivity index (χ0) is 29.5. The molecule has 9 nitrogen and oxygen atoms in total. The van der Waals surface area contributed by atoms with Crippen molar-refractivity contribution in [3.8, 4) is 11.5 Å². The quantitative estimate of drug-likeness (QED) is 0.311. The third kappa shape index (κ3) is 7.71. The second kappa shape index (κ2) is 14.0. The third-order valence-corrected chi connectivity index (χ3v) is 8.44. The Morgan fingerprint density at radius 2 is 1.80 bits per heavy atom. The summed E-state index contributed by atoms with van der Waals surface area (Å²) in [6, 6.07) is 13.7. The number of hydrogen-bond acceptors (Lipinski definition) is 6. The van der Waals surface area contributed by atoms with Gasteiger partial charge in [0.25, 0.3) is 0 Å². The minimum atomic E-state index is -0.687. The molecule has 2 fully saturated rings. The molecule has 0 aromatic heterocycles. The van der Waals surface area contributed by atoms with Gasteiger partial charge in [-0.25, -0.2) is 4.79 Å². The van der Waals surface area contributed by atoms with Gasteiger partial charge in [-0.2, -0.15) is 0 Å². The lowest BCUT2D eigenvalue weighted by Gasteiger charge is -2.36. The van der Waals surface area contributed by atoms with Crippen molar-refractivity contribution in [3.63, 3.8) is 0 Å². The van der Waals surface area contributed by atoms with Gasteiger partial charge in [-0.1, -0.05) is 36.7 Å². The van der Waals surface area contributed by atoms with E-state index in [2.05, 4.69) is 24.0 Å². The van der Waals surface area contributed by atoms with Gasteiger partial charge >= 0.3 is 12.0 Å². The van der Waals surface area contributed by atoms with Gasteiger partial charge in [-0.05, 0) is 73.4 Å². The summed E-state index contributed by atoms with van der Waals surface area (Å²) in [7, 11) is 3.19. The summed E-state index contributed by atoms with van der Waals surface area (Å²) in [4.78, 5) is 40.7. The van der Waals surface area contributed by atoms with Crippen LogP contribution in [0.15, 0.2) is 42.5 Å². The molecular formula is C31H40ClN3O6. The zero-order valence-electron chi connectivity index (χ0n) is 24.1. The first-order valence-corrected chi connectivity index (χ1v) is 14.6. The smallest absolute Gasteiger partial charge is 0.327 e. The van der Waals surface area contributed by atoms with Gasteiger partial charge in [0.15, 0.2) is 11.5 Å². The number of nitrogens with zero attached hydrogens (tertiary/aromatic N) is 3. The van der Waals surface area contributed by atoms with Crippen molar-refractivity contribution >= 4 is 29.5 Å². The van der Waals surface area contributed by atoms with Crippen LogP contribution in [-0.2, 0) is 16.1 Å². The molecule has 2 aliphatic rings. The van der Waals surface area contributed by atoms with Crippen LogP contribution < -0.4 is 9.47 Å². The molecule has 41 heavy (non-hydrogen) atoms. The standard InChI is InChI=1S/C31H40ClN3O6/c1-4-26(23-10-12-25(32)13-11-23)34(18-21-5-8-24(9-6-21)30(37)38)19-22-7-14-27(28(17-22)40-3)41-16-15-35-29(36)20-33(2)31(35)39/h7,10-14,17,21,24,26H,4-6,8-9,15-16,18-20H2,1-3H3,(H,37,38)/t21-,24-,26?. The Kier molecular flexibility index (Phi) is 10.5. The number of halogens is 1. The van der Waals surface area contributed by atoms with E-state index in [9.17, 15) is 19.5 Å². The number of benzene rings is 2. The molecule has 222 valence electrons. The predicted octanol–water partition coefficient (Wildman–Crippen LogP) is 5.47. The highest BCUT2D eigenvalue weighted by Crippen LogP contribution is 2.35. The highest BCUT2D eigenvalue weighted by atomic mass is 35.5. The summed E-state index contributed by atoms with van der Waals surface area (Å²) >= 11 is 6.18. The summed E-state index contributed by atoms with van der Waals surface area (Å²) in [6.07, 6.45) is 4.15. The van der Waals surface area contributed by atoms with Gasteiger partial charge in [0.1, 0.15) is 13.2 Å². The molecule has 3 amide bonds. The van der Waals surface area contributed by atoms with E-state index in [1.165, 1.54) is 15.4 Å². The van der Waals surface area contributed by atoms with Crippen LogP contribution in [0, 0.1) is 11.8 Å². The maximum Gasteiger partial charge on any atom is 0.327 e. The number of methoxy groups -OCH3 is 1. The molecule has 1 unspecified atom stereocenters. The average Bonchev–Trinajstić information content (AvgIpc) is 3.21. The number of carbonyl (C=O) groups is 3. The van der Waals surface area contributed by atoms with Gasteiger partial charge in [0.05, 0.1) is 19.6 Å². The lowest BCUT2D eigenvalue weighted by molar-refractivity contribution is -0.143. The Labute approximate surface area is 246 Å².